The van der Waals surface area contributed by atoms with E-state index in [4.69, 9.17) is 12.2 Å². The number of rotatable bonds is 12. The van der Waals surface area contributed by atoms with E-state index in [2.05, 4.69) is 37.8 Å². The van der Waals surface area contributed by atoms with E-state index in [1.165, 1.54) is 52.7 Å². The lowest BCUT2D eigenvalue weighted by atomic mass is 10.0. The fourth-order valence-electron chi connectivity index (χ4n) is 7.97. The van der Waals surface area contributed by atoms with E-state index in [9.17, 15) is 53.4 Å². The van der Waals surface area contributed by atoms with Crippen molar-refractivity contribution in [2.45, 2.75) is 106 Å². The first-order chi connectivity index (χ1) is 34.1. The first-order valence-electron chi connectivity index (χ1n) is 23.2. The van der Waals surface area contributed by atoms with Crippen LogP contribution in [0.5, 0.6) is 5.75 Å². The zero-order chi connectivity index (χ0) is 51.3. The molecule has 0 aliphatic carbocycles. The van der Waals surface area contributed by atoms with Crippen molar-refractivity contribution in [3.63, 3.8) is 0 Å². The Balaban J connectivity index is 1.51. The summed E-state index contributed by atoms with van der Waals surface area (Å²) in [6.07, 6.45) is 4.30. The van der Waals surface area contributed by atoms with Crippen molar-refractivity contribution in [1.29, 1.82) is 0 Å². The summed E-state index contributed by atoms with van der Waals surface area (Å²) in [5.41, 5.74) is 8.66. The van der Waals surface area contributed by atoms with Gasteiger partial charge in [-0.15, -0.1) is 12.3 Å². The van der Waals surface area contributed by atoms with E-state index < -0.39 is 102 Å². The number of phenols is 1. The number of nitrogens with two attached hydrogens (primary N) is 1. The second kappa shape index (κ2) is 28.0. The van der Waals surface area contributed by atoms with Gasteiger partial charge in [0.25, 0.3) is 0 Å². The number of aromatic hydroxyl groups is 1. The van der Waals surface area contributed by atoms with Crippen LogP contribution in [0.25, 0.3) is 0 Å². The molecular formula is C50H60N8O11S2. The molecule has 10 N–H and O–H groups in total. The lowest BCUT2D eigenvalue weighted by Crippen LogP contribution is -2.60. The van der Waals surface area contributed by atoms with E-state index in [0.29, 0.717) is 34.8 Å². The van der Waals surface area contributed by atoms with Gasteiger partial charge in [0.1, 0.15) is 42.0 Å². The van der Waals surface area contributed by atoms with Crippen molar-refractivity contribution in [2.24, 2.45) is 5.73 Å². The molecule has 3 aromatic rings. The minimum Gasteiger partial charge on any atom is -0.508 e. The molecule has 2 heterocycles. The Hall–Kier alpha value is -7.05. The number of carbonyl (C=O) groups excluding carboxylic acids is 8. The van der Waals surface area contributed by atoms with Crippen LogP contribution in [0.4, 0.5) is 0 Å². The number of nitrogens with one attached hydrogen (secondary N) is 6. The largest absolute Gasteiger partial charge is 0.508 e. The molecule has 0 aromatic heterocycles. The van der Waals surface area contributed by atoms with Crippen LogP contribution >= 0.6 is 23.5 Å². The van der Waals surface area contributed by atoms with Crippen LogP contribution in [-0.4, -0.2) is 129 Å². The van der Waals surface area contributed by atoms with Crippen LogP contribution in [0.15, 0.2) is 78.9 Å². The van der Waals surface area contributed by atoms with Gasteiger partial charge in [0, 0.05) is 68.2 Å². The highest BCUT2D eigenvalue weighted by atomic mass is 32.2. The maximum absolute atomic E-state index is 14.5. The SMILES string of the molecule is C#CCCC(=O)N[C@H]1CSCc2ccccc2CSCCNC(=O)[C@H](CCC(=O)O)NC(=O)[C@H](Cc2ccccc2)NC(=O)[C@@H]2CCCN2C(=O)[C@H](CC(N)=O)NC(=O)[C@H](Cc2ccc(O)cc2)NC1=O. The molecular weight excluding hydrogens is 953 g/mol. The number of carboxylic acid groups (broad SMARTS) is 1. The van der Waals surface area contributed by atoms with Crippen molar-refractivity contribution in [3.8, 4) is 18.1 Å². The molecule has 378 valence electrons. The Kier molecular flexibility index (Phi) is 21.6. The summed E-state index contributed by atoms with van der Waals surface area (Å²) < 4.78 is 0. The Labute approximate surface area is 420 Å². The van der Waals surface area contributed by atoms with Gasteiger partial charge in [0.05, 0.1) is 6.42 Å². The molecule has 0 saturated carbocycles. The number of nitrogens with zero attached hydrogens (tertiary/aromatic N) is 1. The molecule has 71 heavy (non-hydrogen) atoms. The van der Waals surface area contributed by atoms with Crippen LogP contribution < -0.4 is 37.6 Å². The van der Waals surface area contributed by atoms with Crippen molar-refractivity contribution >= 4 is 76.8 Å². The Morgan fingerprint density at radius 2 is 1.32 bits per heavy atom. The average Bonchev–Trinajstić information content (AvgIpc) is 3.84. The van der Waals surface area contributed by atoms with E-state index in [0.717, 1.165) is 11.1 Å². The monoisotopic (exact) mass is 1010 g/mol. The zero-order valence-corrected chi connectivity index (χ0v) is 40.7. The number of hydrogen-bond acceptors (Lipinski definition) is 12. The van der Waals surface area contributed by atoms with Gasteiger partial charge in [0.15, 0.2) is 0 Å². The fraction of sp³-hybridized carbons (Fsp3) is 0.420. The number of hydrogen-bond donors (Lipinski definition) is 9. The van der Waals surface area contributed by atoms with Gasteiger partial charge < -0.3 is 52.7 Å². The quantitative estimate of drug-likeness (QED) is 0.115. The predicted molar refractivity (Wildman–Crippen MR) is 267 cm³/mol. The Bertz CT molecular complexity index is 2420. The molecule has 0 bridgehead atoms. The zero-order valence-electron chi connectivity index (χ0n) is 39.1. The number of phenolic OH excluding ortho intramolecular Hbond substituents is 1. The van der Waals surface area contributed by atoms with Gasteiger partial charge in [-0.25, -0.2) is 0 Å². The highest BCUT2D eigenvalue weighted by Crippen LogP contribution is 2.23. The Morgan fingerprint density at radius 1 is 0.732 bits per heavy atom. The summed E-state index contributed by atoms with van der Waals surface area (Å²) >= 11 is 2.87. The van der Waals surface area contributed by atoms with Crippen molar-refractivity contribution < 1.29 is 53.4 Å². The predicted octanol–water partition coefficient (Wildman–Crippen LogP) is 1.04. The van der Waals surface area contributed by atoms with Gasteiger partial charge in [0.2, 0.25) is 47.3 Å². The van der Waals surface area contributed by atoms with Crippen LogP contribution in [0.3, 0.4) is 0 Å². The van der Waals surface area contributed by atoms with Crippen LogP contribution in [-0.2, 0) is 67.5 Å². The Morgan fingerprint density at radius 3 is 1.96 bits per heavy atom. The second-order valence-corrected chi connectivity index (χ2v) is 19.2. The van der Waals surface area contributed by atoms with Gasteiger partial charge in [-0.1, -0.05) is 66.7 Å². The standard InChI is InChI=1S/C50H60N8O11S2/c1-2-3-15-43(61)53-40-30-71-29-34-13-8-7-12-33(34)28-70-24-22-52-45(64)36(20-21-44(62)63)54-46(65)38(25-31-10-5-4-6-11-31)56-49(68)41-14-9-23-58(41)50(69)39(27-42(51)60)57-47(66)37(55-48(40)67)26-32-16-18-35(59)19-17-32/h1,4-8,10-13,16-19,36-41,59H,3,9,14-15,20-30H2,(H2,51,60)(H,52,64)(H,53,61)(H,54,65)(H,55,67)(H,56,68)(H,57,66)(H,62,63)/t36-,37-,38-,39-,40-,41-/m0/s1. The fourth-order valence-corrected chi connectivity index (χ4v) is 9.96. The molecule has 2 aliphatic rings. The molecule has 3 aromatic carbocycles. The summed E-state index contributed by atoms with van der Waals surface area (Å²) in [7, 11) is 0. The molecule has 0 spiro atoms. The first-order valence-corrected chi connectivity index (χ1v) is 25.5. The van der Waals surface area contributed by atoms with Gasteiger partial charge in [-0.3, -0.25) is 43.2 Å². The van der Waals surface area contributed by atoms with E-state index in [-0.39, 0.29) is 63.1 Å². The van der Waals surface area contributed by atoms with Crippen molar-refractivity contribution in [3.05, 3.63) is 101 Å². The number of amides is 8. The topological polar surface area (TPSA) is 296 Å². The number of primary amides is 1. The van der Waals surface area contributed by atoms with Crippen LogP contribution in [0.1, 0.15) is 67.2 Å². The highest BCUT2D eigenvalue weighted by molar-refractivity contribution is 7.98. The number of terminal acetylenes is 1. The van der Waals surface area contributed by atoms with E-state index in [1.807, 2.05) is 24.3 Å². The molecule has 0 unspecified atom stereocenters. The maximum atomic E-state index is 14.5. The summed E-state index contributed by atoms with van der Waals surface area (Å²) in [5, 5.41) is 35.7. The maximum Gasteiger partial charge on any atom is 0.303 e. The van der Waals surface area contributed by atoms with Gasteiger partial charge in [-0.05, 0) is 53.6 Å². The lowest BCUT2D eigenvalue weighted by molar-refractivity contribution is -0.143. The number of thioether (sulfide) groups is 2. The number of carbonyl (C=O) groups is 9. The van der Waals surface area contributed by atoms with Gasteiger partial charge >= 0.3 is 5.97 Å². The molecule has 21 heteroatoms. The molecule has 8 amide bonds. The summed E-state index contributed by atoms with van der Waals surface area (Å²) in [4.78, 5) is 124. The summed E-state index contributed by atoms with van der Waals surface area (Å²) in [5.74, 6) is -3.48. The van der Waals surface area contributed by atoms with Crippen LogP contribution in [0.2, 0.25) is 0 Å². The molecule has 1 saturated heterocycles. The molecule has 5 rings (SSSR count). The van der Waals surface area contributed by atoms with E-state index in [1.54, 1.807) is 30.3 Å². The molecule has 19 nitrogen and oxygen atoms in total. The van der Waals surface area contributed by atoms with E-state index >= 15 is 0 Å². The van der Waals surface area contributed by atoms with Crippen molar-refractivity contribution in [1.82, 2.24) is 36.8 Å². The molecule has 2 aliphatic heterocycles. The third kappa shape index (κ3) is 17.7. The number of carboxylic acids is 1. The summed E-state index contributed by atoms with van der Waals surface area (Å²) in [6.45, 7) is 0.192. The third-order valence-electron chi connectivity index (χ3n) is 11.7. The minimum absolute atomic E-state index is 0.0180. The first kappa shape index (κ1) is 54.9. The number of aliphatic carboxylic acids is 1. The lowest BCUT2D eigenvalue weighted by Gasteiger charge is -2.31. The molecule has 0 radical (unpaired) electrons. The van der Waals surface area contributed by atoms with Gasteiger partial charge in [-0.2, -0.15) is 23.5 Å². The second-order valence-electron chi connectivity index (χ2n) is 17.0. The average molecular weight is 1010 g/mol. The smallest absolute Gasteiger partial charge is 0.303 e. The summed E-state index contributed by atoms with van der Waals surface area (Å²) in [6, 6.07) is 14.2. The van der Waals surface area contributed by atoms with Crippen molar-refractivity contribution in [2.75, 3.05) is 24.6 Å². The minimum atomic E-state index is -1.62. The number of benzene rings is 3. The normalized spacial score (nSPS) is 22.4. The highest BCUT2D eigenvalue weighted by Gasteiger charge is 2.41. The number of fused-ring (bicyclic) bond motifs is 2. The molecule has 1 fully saturated rings. The van der Waals surface area contributed by atoms with Crippen LogP contribution in [0, 0.1) is 12.3 Å². The molecule has 6 atom stereocenters. The third-order valence-corrected chi connectivity index (χ3v) is 13.8.